The van der Waals surface area contributed by atoms with Crippen LogP contribution in [0.25, 0.3) is 0 Å². The van der Waals surface area contributed by atoms with Crippen molar-refractivity contribution in [3.05, 3.63) is 70.7 Å². The molecule has 0 saturated carbocycles. The van der Waals surface area contributed by atoms with Crippen molar-refractivity contribution in [2.75, 3.05) is 19.6 Å². The summed E-state index contributed by atoms with van der Waals surface area (Å²) in [6.45, 7) is 3.48. The van der Waals surface area contributed by atoms with E-state index >= 15 is 0 Å². The van der Waals surface area contributed by atoms with Crippen molar-refractivity contribution >= 4 is 11.6 Å². The minimum absolute atomic E-state index is 0.752. The average Bonchev–Trinajstić information content (AvgIpc) is 2.61. The highest BCUT2D eigenvalue weighted by atomic mass is 35.5. The van der Waals surface area contributed by atoms with Crippen LogP contribution in [-0.2, 0) is 6.42 Å². The number of rotatable bonds is 4. The summed E-state index contributed by atoms with van der Waals surface area (Å²) >= 11 is 5.98. The predicted molar refractivity (Wildman–Crippen MR) is 102 cm³/mol. The molecule has 0 unspecified atom stereocenters. The lowest BCUT2D eigenvalue weighted by molar-refractivity contribution is 0.187. The highest BCUT2D eigenvalue weighted by Gasteiger charge is 2.18. The largest absolute Gasteiger partial charge is 0.302 e. The molecule has 0 N–H and O–H groups in total. The van der Waals surface area contributed by atoms with E-state index in [4.69, 9.17) is 11.6 Å². The van der Waals surface area contributed by atoms with Gasteiger partial charge in [0.15, 0.2) is 0 Å². The molecule has 1 aliphatic heterocycles. The van der Waals surface area contributed by atoms with Crippen molar-refractivity contribution in [2.45, 2.75) is 25.7 Å². The lowest BCUT2D eigenvalue weighted by Crippen LogP contribution is -2.34. The van der Waals surface area contributed by atoms with E-state index in [0.717, 1.165) is 29.5 Å². The first-order valence-corrected chi connectivity index (χ1v) is 9.18. The second-order valence-corrected chi connectivity index (χ2v) is 6.97. The first-order chi connectivity index (χ1) is 11.8. The molecule has 0 atom stereocenters. The maximum absolute atomic E-state index is 5.98. The standard InChI is InChI=1S/C22H24ClN/c23-22-11-6-10-20(18-22)9-4-5-14-24-15-12-21(13-16-24)17-19-7-2-1-3-8-19/h1-3,6-8,10-11,18,21H,5,12-17H2. The smallest absolute Gasteiger partial charge is 0.0418 e. The summed E-state index contributed by atoms with van der Waals surface area (Å²) in [5, 5.41) is 0.752. The third-order valence-electron chi connectivity index (χ3n) is 4.68. The molecule has 0 radical (unpaired) electrons. The summed E-state index contributed by atoms with van der Waals surface area (Å²) < 4.78 is 0. The Labute approximate surface area is 150 Å². The van der Waals surface area contributed by atoms with Gasteiger partial charge in [0.05, 0.1) is 0 Å². The number of halogens is 1. The third kappa shape index (κ3) is 5.41. The zero-order chi connectivity index (χ0) is 16.6. The van der Waals surface area contributed by atoms with Crippen LogP contribution in [0, 0.1) is 17.8 Å². The van der Waals surface area contributed by atoms with E-state index < -0.39 is 0 Å². The Morgan fingerprint density at radius 1 is 1.00 bits per heavy atom. The summed E-state index contributed by atoms with van der Waals surface area (Å²) in [6.07, 6.45) is 4.76. The van der Waals surface area contributed by atoms with Crippen LogP contribution >= 0.6 is 11.6 Å². The molecule has 2 aromatic rings. The van der Waals surface area contributed by atoms with Crippen LogP contribution in [0.1, 0.15) is 30.4 Å². The zero-order valence-electron chi connectivity index (χ0n) is 14.0. The normalized spacial score (nSPS) is 15.7. The third-order valence-corrected chi connectivity index (χ3v) is 4.92. The van der Waals surface area contributed by atoms with Crippen LogP contribution in [0.4, 0.5) is 0 Å². The van der Waals surface area contributed by atoms with E-state index in [-0.39, 0.29) is 0 Å². The molecule has 124 valence electrons. The van der Waals surface area contributed by atoms with E-state index in [1.54, 1.807) is 0 Å². The molecule has 0 bridgehead atoms. The van der Waals surface area contributed by atoms with Crippen molar-refractivity contribution in [3.63, 3.8) is 0 Å². The van der Waals surface area contributed by atoms with E-state index in [9.17, 15) is 0 Å². The van der Waals surface area contributed by atoms with E-state index in [1.807, 2.05) is 24.3 Å². The topological polar surface area (TPSA) is 3.24 Å². The Bertz CT molecular complexity index is 691. The van der Waals surface area contributed by atoms with Crippen molar-refractivity contribution in [2.24, 2.45) is 5.92 Å². The monoisotopic (exact) mass is 337 g/mol. The SMILES string of the molecule is Clc1cccc(C#CCCN2CCC(Cc3ccccc3)CC2)c1. The molecule has 1 saturated heterocycles. The van der Waals surface area contributed by atoms with Gasteiger partial charge in [0.1, 0.15) is 0 Å². The second kappa shape index (κ2) is 8.92. The van der Waals surface area contributed by atoms with Gasteiger partial charge in [-0.2, -0.15) is 0 Å². The highest BCUT2D eigenvalue weighted by molar-refractivity contribution is 6.30. The average molecular weight is 338 g/mol. The van der Waals surface area contributed by atoms with Gasteiger partial charge in [0.25, 0.3) is 0 Å². The Morgan fingerprint density at radius 3 is 2.54 bits per heavy atom. The zero-order valence-corrected chi connectivity index (χ0v) is 14.8. The van der Waals surface area contributed by atoms with Gasteiger partial charge in [0, 0.05) is 23.6 Å². The van der Waals surface area contributed by atoms with Gasteiger partial charge in [-0.05, 0) is 62.0 Å². The van der Waals surface area contributed by atoms with Gasteiger partial charge < -0.3 is 4.90 Å². The molecule has 1 heterocycles. The molecule has 1 aliphatic rings. The lowest BCUT2D eigenvalue weighted by atomic mass is 9.90. The molecule has 0 spiro atoms. The maximum atomic E-state index is 5.98. The molecule has 0 aliphatic carbocycles. The quantitative estimate of drug-likeness (QED) is 0.707. The molecule has 2 heteroatoms. The summed E-state index contributed by atoms with van der Waals surface area (Å²) in [5.74, 6) is 7.32. The Hall–Kier alpha value is -1.75. The molecule has 3 rings (SSSR count). The first kappa shape index (κ1) is 17.1. The summed E-state index contributed by atoms with van der Waals surface area (Å²) in [4.78, 5) is 2.55. The molecular formula is C22H24ClN. The number of nitrogens with zero attached hydrogens (tertiary/aromatic N) is 1. The van der Waals surface area contributed by atoms with Crippen molar-refractivity contribution in [3.8, 4) is 11.8 Å². The van der Waals surface area contributed by atoms with Crippen LogP contribution in [0.3, 0.4) is 0 Å². The lowest BCUT2D eigenvalue weighted by Gasteiger charge is -2.31. The van der Waals surface area contributed by atoms with Crippen LogP contribution in [0.15, 0.2) is 54.6 Å². The van der Waals surface area contributed by atoms with Crippen LogP contribution < -0.4 is 0 Å². The number of hydrogen-bond donors (Lipinski definition) is 0. The van der Waals surface area contributed by atoms with E-state index in [0.29, 0.717) is 0 Å². The maximum Gasteiger partial charge on any atom is 0.0418 e. The summed E-state index contributed by atoms with van der Waals surface area (Å²) in [6, 6.07) is 18.6. The number of likely N-dealkylation sites (tertiary alicyclic amines) is 1. The van der Waals surface area contributed by atoms with Crippen LogP contribution in [-0.4, -0.2) is 24.5 Å². The van der Waals surface area contributed by atoms with Gasteiger partial charge in [-0.3, -0.25) is 0 Å². The van der Waals surface area contributed by atoms with Crippen molar-refractivity contribution < 1.29 is 0 Å². The minimum atomic E-state index is 0.752. The minimum Gasteiger partial charge on any atom is -0.302 e. The fraction of sp³-hybridized carbons (Fsp3) is 0.364. The van der Waals surface area contributed by atoms with Gasteiger partial charge in [-0.15, -0.1) is 0 Å². The van der Waals surface area contributed by atoms with Gasteiger partial charge in [-0.1, -0.05) is 59.8 Å². The Kier molecular flexibility index (Phi) is 6.35. The fourth-order valence-corrected chi connectivity index (χ4v) is 3.50. The number of benzene rings is 2. The summed E-state index contributed by atoms with van der Waals surface area (Å²) in [5.41, 5.74) is 2.48. The second-order valence-electron chi connectivity index (χ2n) is 6.54. The Balaban J connectivity index is 1.38. The highest BCUT2D eigenvalue weighted by Crippen LogP contribution is 2.21. The predicted octanol–water partition coefficient (Wildman–Crippen LogP) is 5.04. The molecule has 24 heavy (non-hydrogen) atoms. The molecule has 2 aromatic carbocycles. The number of piperidine rings is 1. The number of hydrogen-bond acceptors (Lipinski definition) is 1. The Morgan fingerprint density at radius 2 is 1.79 bits per heavy atom. The van der Waals surface area contributed by atoms with Crippen LogP contribution in [0.5, 0.6) is 0 Å². The molecule has 0 aromatic heterocycles. The molecule has 1 fully saturated rings. The molecule has 0 amide bonds. The molecule has 1 nitrogen and oxygen atoms in total. The van der Waals surface area contributed by atoms with Crippen LogP contribution in [0.2, 0.25) is 5.02 Å². The van der Waals surface area contributed by atoms with Gasteiger partial charge >= 0.3 is 0 Å². The summed E-state index contributed by atoms with van der Waals surface area (Å²) in [7, 11) is 0. The molecular weight excluding hydrogens is 314 g/mol. The first-order valence-electron chi connectivity index (χ1n) is 8.80. The van der Waals surface area contributed by atoms with E-state index in [2.05, 4.69) is 47.1 Å². The van der Waals surface area contributed by atoms with Crippen molar-refractivity contribution in [1.82, 2.24) is 4.90 Å². The van der Waals surface area contributed by atoms with Crippen molar-refractivity contribution in [1.29, 1.82) is 0 Å². The fourth-order valence-electron chi connectivity index (χ4n) is 3.31. The van der Waals surface area contributed by atoms with Gasteiger partial charge in [-0.25, -0.2) is 0 Å². The van der Waals surface area contributed by atoms with E-state index in [1.165, 1.54) is 37.9 Å². The van der Waals surface area contributed by atoms with Gasteiger partial charge in [0.2, 0.25) is 0 Å².